The summed E-state index contributed by atoms with van der Waals surface area (Å²) in [6, 6.07) is 16.5. The molecule has 1 saturated heterocycles. The van der Waals surface area contributed by atoms with Gasteiger partial charge in [-0.3, -0.25) is 9.36 Å². The molecule has 0 spiro atoms. The molecular formula is C21H23N3O2S. The van der Waals surface area contributed by atoms with Crippen molar-refractivity contribution >= 4 is 28.7 Å². The molecule has 1 aromatic heterocycles. The molecule has 3 aromatic rings. The predicted molar refractivity (Wildman–Crippen MR) is 109 cm³/mol. The normalized spacial score (nSPS) is 15.9. The van der Waals surface area contributed by atoms with Crippen LogP contribution in [0.1, 0.15) is 12.5 Å². The van der Waals surface area contributed by atoms with Crippen molar-refractivity contribution in [1.29, 1.82) is 0 Å². The Bertz CT molecular complexity index is 963. The van der Waals surface area contributed by atoms with Gasteiger partial charge in [-0.2, -0.15) is 0 Å². The van der Waals surface area contributed by atoms with Crippen LogP contribution in [-0.4, -0.2) is 51.9 Å². The highest BCUT2D eigenvalue weighted by atomic mass is 32.2. The maximum atomic E-state index is 12.8. The Hall–Kier alpha value is -2.31. The molecule has 1 aliphatic rings. The fourth-order valence-electron chi connectivity index (χ4n) is 3.35. The van der Waals surface area contributed by atoms with Crippen LogP contribution >= 0.6 is 11.8 Å². The SMILES string of the molecule is Cc1cccc(-n2c(SC(C)C(=O)N3CCOCC3)nc3ccccc32)c1. The van der Waals surface area contributed by atoms with Gasteiger partial charge in [0.25, 0.3) is 0 Å². The third-order valence-electron chi connectivity index (χ3n) is 4.74. The average Bonchev–Trinajstić information content (AvgIpc) is 3.05. The Morgan fingerprint density at radius 1 is 1.15 bits per heavy atom. The van der Waals surface area contributed by atoms with Crippen LogP contribution in [0.2, 0.25) is 0 Å². The molecule has 4 rings (SSSR count). The van der Waals surface area contributed by atoms with E-state index in [1.165, 1.54) is 17.3 Å². The number of rotatable bonds is 4. The molecule has 0 aliphatic carbocycles. The van der Waals surface area contributed by atoms with Gasteiger partial charge in [0, 0.05) is 18.8 Å². The zero-order valence-electron chi connectivity index (χ0n) is 15.6. The number of para-hydroxylation sites is 2. The zero-order valence-corrected chi connectivity index (χ0v) is 16.4. The van der Waals surface area contributed by atoms with Crippen molar-refractivity contribution < 1.29 is 9.53 Å². The molecule has 2 aromatic carbocycles. The number of carbonyl (C=O) groups is 1. The number of aromatic nitrogens is 2. The van der Waals surface area contributed by atoms with Crippen molar-refractivity contribution in [3.63, 3.8) is 0 Å². The monoisotopic (exact) mass is 381 g/mol. The minimum absolute atomic E-state index is 0.145. The summed E-state index contributed by atoms with van der Waals surface area (Å²) in [4.78, 5) is 19.5. The van der Waals surface area contributed by atoms with Gasteiger partial charge in [-0.05, 0) is 43.7 Å². The van der Waals surface area contributed by atoms with Gasteiger partial charge >= 0.3 is 0 Å². The van der Waals surface area contributed by atoms with Crippen LogP contribution in [0.25, 0.3) is 16.7 Å². The van der Waals surface area contributed by atoms with Crippen LogP contribution in [-0.2, 0) is 9.53 Å². The topological polar surface area (TPSA) is 47.4 Å². The lowest BCUT2D eigenvalue weighted by Crippen LogP contribution is -2.44. The first-order chi connectivity index (χ1) is 13.1. The zero-order chi connectivity index (χ0) is 18.8. The summed E-state index contributed by atoms with van der Waals surface area (Å²) in [5, 5.41) is 0.638. The molecule has 1 amide bonds. The van der Waals surface area contributed by atoms with Crippen molar-refractivity contribution in [2.75, 3.05) is 26.3 Å². The second kappa shape index (κ2) is 7.74. The summed E-state index contributed by atoms with van der Waals surface area (Å²) < 4.78 is 7.51. The molecule has 1 unspecified atom stereocenters. The van der Waals surface area contributed by atoms with Gasteiger partial charge in [0.15, 0.2) is 5.16 Å². The molecule has 6 heteroatoms. The summed E-state index contributed by atoms with van der Waals surface area (Å²) in [5.74, 6) is 0.145. The summed E-state index contributed by atoms with van der Waals surface area (Å²) >= 11 is 1.52. The minimum atomic E-state index is -0.205. The number of aryl methyl sites for hydroxylation is 1. The number of nitrogens with zero attached hydrogens (tertiary/aromatic N) is 3. The first-order valence-electron chi connectivity index (χ1n) is 9.21. The maximum Gasteiger partial charge on any atom is 0.236 e. The van der Waals surface area contributed by atoms with E-state index in [0.29, 0.717) is 26.3 Å². The molecule has 1 atom stereocenters. The molecule has 1 fully saturated rings. The van der Waals surface area contributed by atoms with E-state index in [1.807, 2.05) is 30.0 Å². The second-order valence-corrected chi connectivity index (χ2v) is 8.06. The molecular weight excluding hydrogens is 358 g/mol. The molecule has 0 radical (unpaired) electrons. The van der Waals surface area contributed by atoms with Gasteiger partial charge in [-0.1, -0.05) is 36.0 Å². The van der Waals surface area contributed by atoms with Crippen LogP contribution in [0.5, 0.6) is 0 Å². The molecule has 5 nitrogen and oxygen atoms in total. The van der Waals surface area contributed by atoms with Gasteiger partial charge in [0.05, 0.1) is 29.5 Å². The maximum absolute atomic E-state index is 12.8. The highest BCUT2D eigenvalue weighted by Gasteiger charge is 2.25. The van der Waals surface area contributed by atoms with E-state index < -0.39 is 0 Å². The molecule has 1 aliphatic heterocycles. The Labute approximate surface area is 163 Å². The smallest absolute Gasteiger partial charge is 0.236 e. The van der Waals surface area contributed by atoms with Gasteiger partial charge in [0.1, 0.15) is 0 Å². The lowest BCUT2D eigenvalue weighted by Gasteiger charge is -2.29. The van der Waals surface area contributed by atoms with Crippen LogP contribution < -0.4 is 0 Å². The quantitative estimate of drug-likeness (QED) is 0.647. The van der Waals surface area contributed by atoms with Gasteiger partial charge in [-0.15, -0.1) is 0 Å². The fraction of sp³-hybridized carbons (Fsp3) is 0.333. The minimum Gasteiger partial charge on any atom is -0.378 e. The van der Waals surface area contributed by atoms with Crippen LogP contribution in [0, 0.1) is 6.92 Å². The number of amides is 1. The largest absolute Gasteiger partial charge is 0.378 e. The molecule has 0 bridgehead atoms. The Morgan fingerprint density at radius 2 is 1.93 bits per heavy atom. The summed E-state index contributed by atoms with van der Waals surface area (Å²) in [6.07, 6.45) is 0. The Balaban J connectivity index is 1.69. The standard InChI is InChI=1S/C21H23N3O2S/c1-15-6-5-7-17(14-15)24-19-9-4-3-8-18(19)22-21(24)27-16(2)20(25)23-10-12-26-13-11-23/h3-9,14,16H,10-13H2,1-2H3. The highest BCUT2D eigenvalue weighted by Crippen LogP contribution is 2.31. The van der Waals surface area contributed by atoms with Crippen molar-refractivity contribution in [2.24, 2.45) is 0 Å². The van der Waals surface area contributed by atoms with E-state index in [2.05, 4.69) is 41.8 Å². The average molecular weight is 382 g/mol. The third-order valence-corrected chi connectivity index (χ3v) is 5.78. The van der Waals surface area contributed by atoms with Crippen molar-refractivity contribution in [3.05, 3.63) is 54.1 Å². The number of thioether (sulfide) groups is 1. The predicted octanol–water partition coefficient (Wildman–Crippen LogP) is 3.67. The van der Waals surface area contributed by atoms with Crippen LogP contribution in [0.15, 0.2) is 53.7 Å². The molecule has 0 N–H and O–H groups in total. The summed E-state index contributed by atoms with van der Waals surface area (Å²) in [6.45, 7) is 6.61. The number of imidazole rings is 1. The van der Waals surface area contributed by atoms with Gasteiger partial charge in [0.2, 0.25) is 5.91 Å². The summed E-state index contributed by atoms with van der Waals surface area (Å²) in [7, 11) is 0. The van der Waals surface area contributed by atoms with Crippen molar-refractivity contribution in [2.45, 2.75) is 24.3 Å². The van der Waals surface area contributed by atoms with E-state index in [4.69, 9.17) is 9.72 Å². The molecule has 2 heterocycles. The Kier molecular flexibility index (Phi) is 5.18. The number of ether oxygens (including phenoxy) is 1. The second-order valence-electron chi connectivity index (χ2n) is 6.76. The Morgan fingerprint density at radius 3 is 2.70 bits per heavy atom. The van der Waals surface area contributed by atoms with E-state index >= 15 is 0 Å². The fourth-order valence-corrected chi connectivity index (χ4v) is 4.38. The van der Waals surface area contributed by atoms with E-state index in [-0.39, 0.29) is 11.2 Å². The van der Waals surface area contributed by atoms with Crippen LogP contribution in [0.4, 0.5) is 0 Å². The molecule has 140 valence electrons. The lowest BCUT2D eigenvalue weighted by atomic mass is 10.2. The number of morpholine rings is 1. The van der Waals surface area contributed by atoms with Gasteiger partial charge in [-0.25, -0.2) is 4.98 Å². The van der Waals surface area contributed by atoms with E-state index in [9.17, 15) is 4.79 Å². The molecule has 0 saturated carbocycles. The lowest BCUT2D eigenvalue weighted by molar-refractivity contribution is -0.134. The summed E-state index contributed by atoms with van der Waals surface area (Å²) in [5.41, 5.74) is 4.25. The first kappa shape index (κ1) is 18.1. The number of fused-ring (bicyclic) bond motifs is 1. The highest BCUT2D eigenvalue weighted by molar-refractivity contribution is 8.00. The van der Waals surface area contributed by atoms with E-state index in [1.54, 1.807) is 0 Å². The number of benzene rings is 2. The first-order valence-corrected chi connectivity index (χ1v) is 10.1. The molecule has 27 heavy (non-hydrogen) atoms. The van der Waals surface area contributed by atoms with Crippen LogP contribution in [0.3, 0.4) is 0 Å². The number of hydrogen-bond donors (Lipinski definition) is 0. The number of carbonyl (C=O) groups excluding carboxylic acids is 1. The van der Waals surface area contributed by atoms with E-state index in [0.717, 1.165) is 21.9 Å². The van der Waals surface area contributed by atoms with Crippen molar-refractivity contribution in [3.8, 4) is 5.69 Å². The third kappa shape index (κ3) is 3.73. The number of hydrogen-bond acceptors (Lipinski definition) is 4. The van der Waals surface area contributed by atoms with Gasteiger partial charge < -0.3 is 9.64 Å². The van der Waals surface area contributed by atoms with Crippen molar-refractivity contribution in [1.82, 2.24) is 14.5 Å².